The molecule has 0 fully saturated rings. The van der Waals surface area contributed by atoms with E-state index in [0.717, 1.165) is 23.1 Å². The number of aliphatic carboxylic acids is 1. The lowest BCUT2D eigenvalue weighted by Crippen LogP contribution is -2.37. The van der Waals surface area contributed by atoms with Crippen LogP contribution in [-0.2, 0) is 16.0 Å². The van der Waals surface area contributed by atoms with Gasteiger partial charge in [0.25, 0.3) is 0 Å². The molecule has 0 aromatic heterocycles. The number of hydrogen-bond donors (Lipinski definition) is 1. The molecule has 0 aliphatic heterocycles. The number of amides is 1. The van der Waals surface area contributed by atoms with Crippen LogP contribution < -0.4 is 0 Å². The maximum absolute atomic E-state index is 13.4. The second-order valence-corrected chi connectivity index (χ2v) is 4.12. The van der Waals surface area contributed by atoms with Gasteiger partial charge in [-0.25, -0.2) is 8.78 Å². The van der Waals surface area contributed by atoms with Crippen molar-refractivity contribution in [1.82, 2.24) is 4.90 Å². The van der Waals surface area contributed by atoms with E-state index in [1.807, 2.05) is 0 Å². The van der Waals surface area contributed by atoms with E-state index >= 15 is 0 Å². The van der Waals surface area contributed by atoms with Crippen LogP contribution in [0.4, 0.5) is 8.78 Å². The third kappa shape index (κ3) is 4.65. The summed E-state index contributed by atoms with van der Waals surface area (Å²) >= 11 is 0. The average Bonchev–Trinajstić information content (AvgIpc) is 2.32. The number of halogens is 2. The lowest BCUT2D eigenvalue weighted by molar-refractivity contribution is -0.144. The maximum atomic E-state index is 13.4. The van der Waals surface area contributed by atoms with E-state index in [1.165, 1.54) is 0 Å². The molecule has 1 N–H and O–H groups in total. The van der Waals surface area contributed by atoms with Crippen molar-refractivity contribution in [1.29, 1.82) is 0 Å². The highest BCUT2D eigenvalue weighted by atomic mass is 19.1. The minimum absolute atomic E-state index is 0.0727. The van der Waals surface area contributed by atoms with E-state index in [-0.39, 0.29) is 18.5 Å². The zero-order chi connectivity index (χ0) is 14.4. The van der Waals surface area contributed by atoms with Gasteiger partial charge in [-0.05, 0) is 24.6 Å². The van der Waals surface area contributed by atoms with Gasteiger partial charge >= 0.3 is 5.97 Å². The molecule has 4 nitrogen and oxygen atoms in total. The number of carbonyl (C=O) groups excluding carboxylic acids is 1. The first-order chi connectivity index (χ1) is 8.93. The molecular formula is C13H15F2NO3. The minimum Gasteiger partial charge on any atom is -0.480 e. The zero-order valence-corrected chi connectivity index (χ0v) is 10.5. The highest BCUT2D eigenvalue weighted by molar-refractivity contribution is 5.83. The fourth-order valence-electron chi connectivity index (χ4n) is 1.68. The Morgan fingerprint density at radius 3 is 2.58 bits per heavy atom. The second kappa shape index (κ2) is 6.82. The van der Waals surface area contributed by atoms with E-state index in [1.54, 1.807) is 6.92 Å². The molecule has 0 bridgehead atoms. The van der Waals surface area contributed by atoms with Gasteiger partial charge in [-0.2, -0.15) is 0 Å². The first-order valence-corrected chi connectivity index (χ1v) is 5.87. The van der Waals surface area contributed by atoms with Gasteiger partial charge in [-0.3, -0.25) is 9.59 Å². The summed E-state index contributed by atoms with van der Waals surface area (Å²) in [5.41, 5.74) is -0.0727. The summed E-state index contributed by atoms with van der Waals surface area (Å²) in [4.78, 5) is 23.6. The van der Waals surface area contributed by atoms with Crippen molar-refractivity contribution in [3.8, 4) is 0 Å². The molecule has 0 spiro atoms. The molecule has 0 aliphatic carbocycles. The number of carbonyl (C=O) groups is 2. The Hall–Kier alpha value is -1.98. The highest BCUT2D eigenvalue weighted by Gasteiger charge is 2.18. The third-order valence-corrected chi connectivity index (χ3v) is 2.52. The molecule has 1 aromatic carbocycles. The van der Waals surface area contributed by atoms with Crippen LogP contribution in [0.15, 0.2) is 18.2 Å². The molecule has 1 amide bonds. The molecule has 6 heteroatoms. The third-order valence-electron chi connectivity index (χ3n) is 2.52. The molecule has 19 heavy (non-hydrogen) atoms. The van der Waals surface area contributed by atoms with E-state index in [4.69, 9.17) is 5.11 Å². The van der Waals surface area contributed by atoms with Gasteiger partial charge in [0, 0.05) is 12.1 Å². The number of carboxylic acid groups (broad SMARTS) is 1. The second-order valence-electron chi connectivity index (χ2n) is 4.12. The van der Waals surface area contributed by atoms with E-state index < -0.39 is 30.1 Å². The van der Waals surface area contributed by atoms with Crippen molar-refractivity contribution in [3.05, 3.63) is 35.4 Å². The van der Waals surface area contributed by atoms with Crippen LogP contribution in [0, 0.1) is 11.6 Å². The normalized spacial score (nSPS) is 10.3. The SMILES string of the molecule is CCCN(CC(=O)O)C(=O)Cc1cc(F)ccc1F. The first kappa shape index (κ1) is 15.1. The fourth-order valence-corrected chi connectivity index (χ4v) is 1.68. The van der Waals surface area contributed by atoms with Crippen LogP contribution in [-0.4, -0.2) is 35.0 Å². The summed E-state index contributed by atoms with van der Waals surface area (Å²) in [6.45, 7) is 1.62. The van der Waals surface area contributed by atoms with Gasteiger partial charge in [0.15, 0.2) is 0 Å². The lowest BCUT2D eigenvalue weighted by atomic mass is 10.1. The predicted octanol–water partition coefficient (Wildman–Crippen LogP) is 1.83. The van der Waals surface area contributed by atoms with Gasteiger partial charge in [0.05, 0.1) is 6.42 Å². The molecular weight excluding hydrogens is 256 g/mol. The Labute approximate surface area is 109 Å². The van der Waals surface area contributed by atoms with Crippen LogP contribution in [0.2, 0.25) is 0 Å². The Balaban J connectivity index is 2.80. The van der Waals surface area contributed by atoms with Gasteiger partial charge in [-0.15, -0.1) is 0 Å². The molecule has 0 heterocycles. The largest absolute Gasteiger partial charge is 0.480 e. The molecule has 1 aromatic rings. The summed E-state index contributed by atoms with van der Waals surface area (Å²) in [6.07, 6.45) is 0.238. The average molecular weight is 271 g/mol. The monoisotopic (exact) mass is 271 g/mol. The van der Waals surface area contributed by atoms with Crippen LogP contribution >= 0.6 is 0 Å². The van der Waals surface area contributed by atoms with Crippen molar-refractivity contribution < 1.29 is 23.5 Å². The van der Waals surface area contributed by atoms with Crippen LogP contribution in [0.3, 0.4) is 0 Å². The highest BCUT2D eigenvalue weighted by Crippen LogP contribution is 2.11. The van der Waals surface area contributed by atoms with Crippen molar-refractivity contribution in [2.24, 2.45) is 0 Å². The molecule has 0 saturated carbocycles. The van der Waals surface area contributed by atoms with Crippen LogP contribution in [0.5, 0.6) is 0 Å². The minimum atomic E-state index is -1.14. The number of rotatable bonds is 6. The quantitative estimate of drug-likeness (QED) is 0.858. The summed E-state index contributed by atoms with van der Waals surface area (Å²) in [5.74, 6) is -2.98. The summed E-state index contributed by atoms with van der Waals surface area (Å²) in [5, 5.41) is 8.70. The molecule has 1 rings (SSSR count). The Bertz CT molecular complexity index is 477. The molecule has 0 radical (unpaired) electrons. The molecule has 0 unspecified atom stereocenters. The van der Waals surface area contributed by atoms with Crippen molar-refractivity contribution in [3.63, 3.8) is 0 Å². The van der Waals surface area contributed by atoms with Gasteiger partial charge in [0.2, 0.25) is 5.91 Å². The predicted molar refractivity (Wildman–Crippen MR) is 64.6 cm³/mol. The van der Waals surface area contributed by atoms with Crippen molar-refractivity contribution in [2.75, 3.05) is 13.1 Å². The Morgan fingerprint density at radius 2 is 2.00 bits per heavy atom. The Morgan fingerprint density at radius 1 is 1.32 bits per heavy atom. The number of carboxylic acids is 1. The summed E-state index contributed by atoms with van der Waals surface area (Å²) < 4.78 is 26.4. The van der Waals surface area contributed by atoms with Crippen LogP contribution in [0.1, 0.15) is 18.9 Å². The lowest BCUT2D eigenvalue weighted by Gasteiger charge is -2.20. The van der Waals surface area contributed by atoms with Crippen molar-refractivity contribution >= 4 is 11.9 Å². The smallest absolute Gasteiger partial charge is 0.323 e. The van der Waals surface area contributed by atoms with Gasteiger partial charge in [-0.1, -0.05) is 6.92 Å². The standard InChI is InChI=1S/C13H15F2NO3/c1-2-5-16(8-13(18)19)12(17)7-9-6-10(14)3-4-11(9)15/h3-4,6H,2,5,7-8H2,1H3,(H,18,19). The van der Waals surface area contributed by atoms with Gasteiger partial charge in [0.1, 0.15) is 18.2 Å². The maximum Gasteiger partial charge on any atom is 0.323 e. The van der Waals surface area contributed by atoms with E-state index in [2.05, 4.69) is 0 Å². The Kier molecular flexibility index (Phi) is 5.41. The molecule has 0 aliphatic rings. The number of hydrogen-bond acceptors (Lipinski definition) is 2. The zero-order valence-electron chi connectivity index (χ0n) is 10.5. The number of benzene rings is 1. The molecule has 104 valence electrons. The first-order valence-electron chi connectivity index (χ1n) is 5.87. The fraction of sp³-hybridized carbons (Fsp3) is 0.385. The molecule has 0 atom stereocenters. The summed E-state index contributed by atoms with van der Waals surface area (Å²) in [7, 11) is 0. The van der Waals surface area contributed by atoms with Crippen molar-refractivity contribution in [2.45, 2.75) is 19.8 Å². The summed E-state index contributed by atoms with van der Waals surface area (Å²) in [6, 6.07) is 2.85. The van der Waals surface area contributed by atoms with Gasteiger partial charge < -0.3 is 10.0 Å². The topological polar surface area (TPSA) is 57.6 Å². The number of nitrogens with zero attached hydrogens (tertiary/aromatic N) is 1. The molecule has 0 saturated heterocycles. The van der Waals surface area contributed by atoms with E-state index in [9.17, 15) is 18.4 Å². The van der Waals surface area contributed by atoms with Crippen LogP contribution in [0.25, 0.3) is 0 Å². The van der Waals surface area contributed by atoms with E-state index in [0.29, 0.717) is 6.42 Å².